The largest absolute Gasteiger partial charge is 0.465 e. The van der Waals surface area contributed by atoms with Gasteiger partial charge in [0.1, 0.15) is 30.5 Å². The molecule has 1 aliphatic rings. The number of nitrogens with one attached hydrogen (secondary N) is 2. The summed E-state index contributed by atoms with van der Waals surface area (Å²) in [6, 6.07) is 60.1. The first-order valence-corrected chi connectivity index (χ1v) is 33.8. The Morgan fingerprint density at radius 1 is 0.444 bits per heavy atom. The summed E-state index contributed by atoms with van der Waals surface area (Å²) in [6.07, 6.45) is 16.1. The molecule has 0 aromatic heterocycles. The third-order valence-electron chi connectivity index (χ3n) is 16.7. The summed E-state index contributed by atoms with van der Waals surface area (Å²) in [5.74, 6) is -0.101. The highest BCUT2D eigenvalue weighted by Gasteiger charge is 2.50. The lowest BCUT2D eigenvalue weighted by Crippen LogP contribution is -2.62. The fraction of sp³-hybridized carbons (Fsp3) is 0.506. The summed E-state index contributed by atoms with van der Waals surface area (Å²) in [5.41, 5.74) is 6.04. The van der Waals surface area contributed by atoms with E-state index in [4.69, 9.17) is 43.0 Å². The maximum absolute atomic E-state index is 14.7. The SMILES string of the molecule is CCCCCCCCCCCCCCC(OCc1ccccc1)C(OCc1ccccc1)C(CO[C@H]1O[C@H](COCc2ccccc2)[C@H](OCc2ccccc2)[C@H](OCc2ccccc2)[C@H]1OCc1ccccc1)NC(=O)CCCCCCCCCNC(=O)O. The van der Waals surface area contributed by atoms with E-state index in [2.05, 4.69) is 54.0 Å². The number of unbranched alkanes of at least 4 members (excludes halogenated alkanes) is 17. The van der Waals surface area contributed by atoms with Crippen LogP contribution in [0, 0.1) is 0 Å². The van der Waals surface area contributed by atoms with Crippen LogP contribution in [-0.4, -0.2) is 85.8 Å². The second-order valence-corrected chi connectivity index (χ2v) is 24.1. The summed E-state index contributed by atoms with van der Waals surface area (Å²) in [6.45, 7) is 4.67. The zero-order valence-corrected chi connectivity index (χ0v) is 53.7. The van der Waals surface area contributed by atoms with Crippen LogP contribution in [0.2, 0.25) is 0 Å². The molecule has 0 spiro atoms. The molecule has 488 valence electrons. The molecule has 0 radical (unpaired) electrons. The molecule has 3 N–H and O–H groups in total. The zero-order valence-electron chi connectivity index (χ0n) is 53.7. The van der Waals surface area contributed by atoms with Crippen molar-refractivity contribution >= 4 is 12.0 Å². The molecule has 7 rings (SSSR count). The molecule has 6 aromatic rings. The Bertz CT molecular complexity index is 2730. The highest BCUT2D eigenvalue weighted by Crippen LogP contribution is 2.33. The second-order valence-electron chi connectivity index (χ2n) is 24.1. The second kappa shape index (κ2) is 44.3. The third kappa shape index (κ3) is 28.5. The third-order valence-corrected chi connectivity index (χ3v) is 16.7. The topological polar surface area (TPSA) is 152 Å². The van der Waals surface area contributed by atoms with Gasteiger partial charge in [-0.25, -0.2) is 4.79 Å². The van der Waals surface area contributed by atoms with Crippen LogP contribution in [-0.2, 0) is 82.3 Å². The van der Waals surface area contributed by atoms with E-state index < -0.39 is 55.0 Å². The van der Waals surface area contributed by atoms with Crippen LogP contribution < -0.4 is 10.6 Å². The van der Waals surface area contributed by atoms with E-state index in [1.165, 1.54) is 57.8 Å². The summed E-state index contributed by atoms with van der Waals surface area (Å²) >= 11 is 0. The van der Waals surface area contributed by atoms with E-state index in [-0.39, 0.29) is 45.5 Å². The number of amides is 2. The molecular weight excluding hydrogens is 1130 g/mol. The summed E-state index contributed by atoms with van der Waals surface area (Å²) in [7, 11) is 0. The van der Waals surface area contributed by atoms with Gasteiger partial charge in [0.2, 0.25) is 5.91 Å². The monoisotopic (exact) mass is 1230 g/mol. The van der Waals surface area contributed by atoms with Crippen LogP contribution in [0.25, 0.3) is 0 Å². The number of carbonyl (C=O) groups is 2. The smallest absolute Gasteiger partial charge is 0.404 e. The molecule has 2 amide bonds. The van der Waals surface area contributed by atoms with Crippen LogP contribution in [0.5, 0.6) is 0 Å². The Kier molecular flexibility index (Phi) is 35.0. The standard InChI is InChI=1S/C77H104N2O11/c1-2-3-4-5-6-7-8-9-10-12-15-36-51-69(84-55-63-41-26-19-27-42-63)72(85-56-64-43-28-20-29-44-64)68(79-71(80)52-37-16-13-11-14-17-38-53-78-77(81)82)60-89-76-75(88-59-67-49-34-23-35-50-67)74(87-58-66-47-32-22-33-48-66)73(86-57-65-45-30-21-31-46-65)70(90-76)61-83-54-62-39-24-18-25-40-62/h18-35,39-50,68-70,72-76,78H,2-17,36-38,51-61H2,1H3,(H,79,80)(H,81,82)/t68?,69?,70-,72?,73+,74+,75-,76+/m1/s1. The lowest BCUT2D eigenvalue weighted by Gasteiger charge is -2.46. The number of carboxylic acid groups (broad SMARTS) is 1. The Morgan fingerprint density at radius 2 is 0.844 bits per heavy atom. The van der Waals surface area contributed by atoms with Gasteiger partial charge in [0.05, 0.1) is 65.0 Å². The first-order valence-electron chi connectivity index (χ1n) is 33.8. The maximum atomic E-state index is 14.7. The molecule has 1 heterocycles. The van der Waals surface area contributed by atoms with Crippen LogP contribution in [0.1, 0.15) is 175 Å². The van der Waals surface area contributed by atoms with E-state index >= 15 is 0 Å². The molecule has 0 saturated carbocycles. The number of hydrogen-bond acceptors (Lipinski definition) is 10. The Morgan fingerprint density at radius 3 is 1.32 bits per heavy atom. The summed E-state index contributed by atoms with van der Waals surface area (Å²) in [5, 5.41) is 14.9. The van der Waals surface area contributed by atoms with Crippen molar-refractivity contribution in [3.63, 3.8) is 0 Å². The fourth-order valence-electron chi connectivity index (χ4n) is 11.6. The van der Waals surface area contributed by atoms with Gasteiger partial charge in [-0.05, 0) is 52.6 Å². The Hall–Kier alpha value is -6.26. The van der Waals surface area contributed by atoms with Crippen molar-refractivity contribution in [1.82, 2.24) is 10.6 Å². The number of carbonyl (C=O) groups excluding carboxylic acids is 1. The van der Waals surface area contributed by atoms with Crippen molar-refractivity contribution in [3.05, 3.63) is 215 Å². The highest BCUT2D eigenvalue weighted by molar-refractivity contribution is 5.76. The Labute approximate surface area is 538 Å². The molecular formula is C77H104N2O11. The van der Waals surface area contributed by atoms with Crippen LogP contribution >= 0.6 is 0 Å². The first-order chi connectivity index (χ1) is 44.4. The average molecular weight is 1230 g/mol. The van der Waals surface area contributed by atoms with Gasteiger partial charge in [-0.1, -0.05) is 298 Å². The zero-order chi connectivity index (χ0) is 62.7. The predicted octanol–water partition coefficient (Wildman–Crippen LogP) is 16.8. The molecule has 0 bridgehead atoms. The van der Waals surface area contributed by atoms with Crippen molar-refractivity contribution in [2.75, 3.05) is 19.8 Å². The summed E-state index contributed by atoms with van der Waals surface area (Å²) in [4.78, 5) is 25.6. The highest BCUT2D eigenvalue weighted by atomic mass is 16.7. The minimum atomic E-state index is -1.04. The normalized spacial score (nSPS) is 17.5. The minimum Gasteiger partial charge on any atom is -0.465 e. The molecule has 1 saturated heterocycles. The van der Waals surface area contributed by atoms with Gasteiger partial charge in [0.15, 0.2) is 6.29 Å². The Balaban J connectivity index is 1.20. The number of hydrogen-bond donors (Lipinski definition) is 3. The van der Waals surface area contributed by atoms with Crippen molar-refractivity contribution in [1.29, 1.82) is 0 Å². The van der Waals surface area contributed by atoms with Crippen molar-refractivity contribution in [2.45, 2.75) is 230 Å². The lowest BCUT2D eigenvalue weighted by molar-refractivity contribution is -0.330. The van der Waals surface area contributed by atoms with E-state index in [0.29, 0.717) is 39.0 Å². The molecule has 8 atom stereocenters. The molecule has 0 aliphatic carbocycles. The fourth-order valence-corrected chi connectivity index (χ4v) is 11.6. The number of ether oxygens (including phenoxy) is 8. The van der Waals surface area contributed by atoms with Crippen molar-refractivity contribution in [2.24, 2.45) is 0 Å². The quantitative estimate of drug-likeness (QED) is 0.0313. The van der Waals surface area contributed by atoms with Gasteiger partial charge in [-0.2, -0.15) is 0 Å². The van der Waals surface area contributed by atoms with E-state index in [1.54, 1.807) is 0 Å². The molecule has 6 aromatic carbocycles. The minimum absolute atomic E-state index is 0.0139. The average Bonchev–Trinajstić information content (AvgIpc) is 0.967. The van der Waals surface area contributed by atoms with Crippen molar-refractivity contribution < 1.29 is 52.6 Å². The van der Waals surface area contributed by atoms with Gasteiger partial charge in [-0.15, -0.1) is 0 Å². The molecule has 90 heavy (non-hydrogen) atoms. The predicted molar refractivity (Wildman–Crippen MR) is 356 cm³/mol. The van der Waals surface area contributed by atoms with E-state index in [0.717, 1.165) is 91.2 Å². The molecule has 1 aliphatic heterocycles. The van der Waals surface area contributed by atoms with E-state index in [9.17, 15) is 9.59 Å². The molecule has 13 heteroatoms. The molecule has 3 unspecified atom stereocenters. The first kappa shape index (κ1) is 71.2. The number of rotatable bonds is 48. The van der Waals surface area contributed by atoms with Gasteiger partial charge >= 0.3 is 6.09 Å². The molecule has 1 fully saturated rings. The number of benzene rings is 6. The van der Waals surface area contributed by atoms with Crippen LogP contribution in [0.4, 0.5) is 4.79 Å². The van der Waals surface area contributed by atoms with Gasteiger partial charge in [0, 0.05) is 13.0 Å². The lowest BCUT2D eigenvalue weighted by atomic mass is 9.97. The van der Waals surface area contributed by atoms with Crippen LogP contribution in [0.3, 0.4) is 0 Å². The van der Waals surface area contributed by atoms with Gasteiger partial charge in [-0.3, -0.25) is 4.79 Å². The maximum Gasteiger partial charge on any atom is 0.404 e. The van der Waals surface area contributed by atoms with Crippen molar-refractivity contribution in [3.8, 4) is 0 Å². The van der Waals surface area contributed by atoms with Crippen LogP contribution in [0.15, 0.2) is 182 Å². The summed E-state index contributed by atoms with van der Waals surface area (Å²) < 4.78 is 56.6. The molecule has 13 nitrogen and oxygen atoms in total. The van der Waals surface area contributed by atoms with Gasteiger partial charge in [0.25, 0.3) is 0 Å². The van der Waals surface area contributed by atoms with E-state index in [1.807, 2.05) is 146 Å². The van der Waals surface area contributed by atoms with Gasteiger partial charge < -0.3 is 53.6 Å².